The van der Waals surface area contributed by atoms with Gasteiger partial charge in [0, 0.05) is 50.7 Å². The summed E-state index contributed by atoms with van der Waals surface area (Å²) in [4.78, 5) is 26.9. The summed E-state index contributed by atoms with van der Waals surface area (Å²) in [5, 5.41) is 7.12. The van der Waals surface area contributed by atoms with Crippen LogP contribution in [0.2, 0.25) is 0 Å². The van der Waals surface area contributed by atoms with Crippen LogP contribution in [0.1, 0.15) is 31.2 Å². The highest BCUT2D eigenvalue weighted by Gasteiger charge is 2.53. The highest BCUT2D eigenvalue weighted by atomic mass is 19.4. The van der Waals surface area contributed by atoms with E-state index in [0.29, 0.717) is 26.3 Å². The van der Waals surface area contributed by atoms with E-state index in [4.69, 9.17) is 19.4 Å². The van der Waals surface area contributed by atoms with Gasteiger partial charge in [0.15, 0.2) is 0 Å². The molecule has 2 aliphatic heterocycles. The molecule has 4 rings (SSSR count). The van der Waals surface area contributed by atoms with E-state index in [1.807, 2.05) is 12.1 Å². The molecule has 12 heteroatoms. The third-order valence-corrected chi connectivity index (χ3v) is 5.72. The lowest BCUT2D eigenvalue weighted by molar-refractivity contribution is -0.192. The molecular formula is C20H23F5N2O5. The lowest BCUT2D eigenvalue weighted by atomic mass is 9.80. The summed E-state index contributed by atoms with van der Waals surface area (Å²) in [5.74, 6) is -6.08. The molecule has 1 N–H and O–H groups in total. The van der Waals surface area contributed by atoms with Gasteiger partial charge in [-0.25, -0.2) is 13.6 Å². The number of nitrogens with zero attached hydrogens (tertiary/aromatic N) is 2. The molecule has 178 valence electrons. The molecule has 0 aromatic carbocycles. The standard InChI is InChI=1S/C18H22F2N2O3.C2HF3O2/c19-18(20)7-14(8-18)16(23)22-6-3-17(12-22)9-15(11-25-17)24-10-13-1-4-21-5-2-13;3-2(4,5)1(6)7/h1-2,4-5,14-15H,3,6-12H2;(H,6,7)/t15-,17-;/m0./s1. The number of ether oxygens (including phenoxy) is 2. The van der Waals surface area contributed by atoms with Crippen molar-refractivity contribution in [3.05, 3.63) is 30.1 Å². The Morgan fingerprint density at radius 2 is 1.84 bits per heavy atom. The van der Waals surface area contributed by atoms with Gasteiger partial charge < -0.3 is 19.5 Å². The summed E-state index contributed by atoms with van der Waals surface area (Å²) in [5.41, 5.74) is 0.690. The summed E-state index contributed by atoms with van der Waals surface area (Å²) >= 11 is 0. The van der Waals surface area contributed by atoms with Crippen molar-refractivity contribution in [2.24, 2.45) is 5.92 Å². The van der Waals surface area contributed by atoms with Gasteiger partial charge in [-0.15, -0.1) is 0 Å². The van der Waals surface area contributed by atoms with Crippen LogP contribution in [0.4, 0.5) is 22.0 Å². The van der Waals surface area contributed by atoms with Crippen molar-refractivity contribution in [2.75, 3.05) is 19.7 Å². The van der Waals surface area contributed by atoms with Crippen LogP contribution >= 0.6 is 0 Å². The number of aliphatic carboxylic acids is 1. The fourth-order valence-corrected chi connectivity index (χ4v) is 4.01. The molecule has 2 saturated heterocycles. The number of amides is 1. The summed E-state index contributed by atoms with van der Waals surface area (Å²) in [6, 6.07) is 3.83. The highest BCUT2D eigenvalue weighted by Crippen LogP contribution is 2.45. The van der Waals surface area contributed by atoms with E-state index in [1.165, 1.54) is 0 Å². The molecule has 32 heavy (non-hydrogen) atoms. The molecular weight excluding hydrogens is 443 g/mol. The quantitative estimate of drug-likeness (QED) is 0.687. The fourth-order valence-electron chi connectivity index (χ4n) is 4.01. The van der Waals surface area contributed by atoms with Crippen molar-refractivity contribution in [1.29, 1.82) is 0 Å². The van der Waals surface area contributed by atoms with Gasteiger partial charge in [-0.05, 0) is 24.1 Å². The van der Waals surface area contributed by atoms with E-state index in [-0.39, 0.29) is 30.5 Å². The van der Waals surface area contributed by atoms with Crippen LogP contribution < -0.4 is 0 Å². The minimum atomic E-state index is -5.08. The monoisotopic (exact) mass is 466 g/mol. The van der Waals surface area contributed by atoms with Crippen molar-refractivity contribution in [2.45, 2.75) is 56.1 Å². The maximum absolute atomic E-state index is 13.0. The molecule has 1 saturated carbocycles. The van der Waals surface area contributed by atoms with Crippen molar-refractivity contribution in [1.82, 2.24) is 9.88 Å². The topological polar surface area (TPSA) is 89.0 Å². The average Bonchev–Trinajstić information content (AvgIpc) is 3.31. The molecule has 0 bridgehead atoms. The number of carboxylic acid groups (broad SMARTS) is 1. The van der Waals surface area contributed by atoms with Crippen LogP contribution in [0.15, 0.2) is 24.5 Å². The van der Waals surface area contributed by atoms with Crippen LogP contribution in [-0.4, -0.2) is 70.4 Å². The second kappa shape index (κ2) is 9.26. The van der Waals surface area contributed by atoms with Gasteiger partial charge >= 0.3 is 12.1 Å². The number of hydrogen-bond acceptors (Lipinski definition) is 5. The number of carboxylic acids is 1. The smallest absolute Gasteiger partial charge is 0.475 e. The molecule has 0 unspecified atom stereocenters. The molecule has 2 atom stereocenters. The third kappa shape index (κ3) is 6.12. The normalized spacial score (nSPS) is 27.0. The fraction of sp³-hybridized carbons (Fsp3) is 0.650. The number of carbonyl (C=O) groups excluding carboxylic acids is 1. The number of rotatable bonds is 4. The summed E-state index contributed by atoms with van der Waals surface area (Å²) in [7, 11) is 0. The number of carbonyl (C=O) groups is 2. The minimum absolute atomic E-state index is 0.00347. The first kappa shape index (κ1) is 24.3. The van der Waals surface area contributed by atoms with Gasteiger partial charge in [-0.1, -0.05) is 0 Å². The van der Waals surface area contributed by atoms with Crippen molar-refractivity contribution >= 4 is 11.9 Å². The maximum Gasteiger partial charge on any atom is 0.490 e. The Bertz CT molecular complexity index is 814. The summed E-state index contributed by atoms with van der Waals surface area (Å²) < 4.78 is 69.6. The SMILES string of the molecule is O=C(C1CC(F)(F)C1)N1CC[C@]2(C[C@H](OCc3ccncc3)CO2)C1.O=C(O)C(F)(F)F. The molecule has 3 fully saturated rings. The predicted octanol–water partition coefficient (Wildman–Crippen LogP) is 3.04. The van der Waals surface area contributed by atoms with Crippen molar-refractivity contribution in [3.63, 3.8) is 0 Å². The summed E-state index contributed by atoms with van der Waals surface area (Å²) in [6.07, 6.45) is -0.760. The zero-order valence-electron chi connectivity index (χ0n) is 17.0. The number of alkyl halides is 5. The van der Waals surface area contributed by atoms with Crippen LogP contribution in [0.25, 0.3) is 0 Å². The average molecular weight is 466 g/mol. The van der Waals surface area contributed by atoms with Crippen LogP contribution in [0.5, 0.6) is 0 Å². The lowest BCUT2D eigenvalue weighted by Gasteiger charge is -2.36. The Balaban J connectivity index is 0.000000360. The number of likely N-dealkylation sites (tertiary alicyclic amines) is 1. The number of halogens is 5. The molecule has 7 nitrogen and oxygen atoms in total. The van der Waals surface area contributed by atoms with Gasteiger partial charge in [0.25, 0.3) is 0 Å². The van der Waals surface area contributed by atoms with Crippen LogP contribution in [0, 0.1) is 5.92 Å². The van der Waals surface area contributed by atoms with Crippen LogP contribution in [0.3, 0.4) is 0 Å². The lowest BCUT2D eigenvalue weighted by Crippen LogP contribution is -2.47. The zero-order chi connectivity index (χ0) is 23.6. The van der Waals surface area contributed by atoms with E-state index >= 15 is 0 Å². The maximum atomic E-state index is 13.0. The Hall–Kier alpha value is -2.34. The first-order valence-corrected chi connectivity index (χ1v) is 10.0. The van der Waals surface area contributed by atoms with Gasteiger partial charge in [0.05, 0.1) is 24.9 Å². The highest BCUT2D eigenvalue weighted by molar-refractivity contribution is 5.80. The third-order valence-electron chi connectivity index (χ3n) is 5.72. The van der Waals surface area contributed by atoms with E-state index in [9.17, 15) is 26.7 Å². The van der Waals surface area contributed by atoms with E-state index < -0.39 is 24.0 Å². The molecule has 1 spiro atoms. The van der Waals surface area contributed by atoms with Gasteiger partial charge in [0.1, 0.15) is 0 Å². The predicted molar refractivity (Wildman–Crippen MR) is 98.7 cm³/mol. The van der Waals surface area contributed by atoms with Crippen LogP contribution in [-0.2, 0) is 25.7 Å². The Kier molecular flexibility index (Phi) is 7.03. The Morgan fingerprint density at radius 3 is 2.41 bits per heavy atom. The molecule has 1 amide bonds. The second-order valence-corrected chi connectivity index (χ2v) is 8.26. The molecule has 1 aromatic heterocycles. The van der Waals surface area contributed by atoms with Gasteiger partial charge in [-0.3, -0.25) is 9.78 Å². The van der Waals surface area contributed by atoms with E-state index in [1.54, 1.807) is 17.3 Å². The summed E-state index contributed by atoms with van der Waals surface area (Å²) in [6.45, 7) is 2.09. The zero-order valence-corrected chi connectivity index (χ0v) is 17.0. The first-order valence-electron chi connectivity index (χ1n) is 10.0. The van der Waals surface area contributed by atoms with Crippen molar-refractivity contribution < 1.29 is 46.1 Å². The van der Waals surface area contributed by atoms with Gasteiger partial charge in [-0.2, -0.15) is 13.2 Å². The number of aromatic nitrogens is 1. The largest absolute Gasteiger partial charge is 0.490 e. The molecule has 1 aromatic rings. The molecule has 1 aliphatic carbocycles. The Labute approximate surface area is 180 Å². The number of pyridine rings is 1. The molecule has 0 radical (unpaired) electrons. The van der Waals surface area contributed by atoms with E-state index in [0.717, 1.165) is 18.4 Å². The molecule has 3 heterocycles. The first-order chi connectivity index (χ1) is 14.9. The second-order valence-electron chi connectivity index (χ2n) is 8.26. The van der Waals surface area contributed by atoms with E-state index in [2.05, 4.69) is 4.98 Å². The minimum Gasteiger partial charge on any atom is -0.475 e. The Morgan fingerprint density at radius 1 is 1.22 bits per heavy atom. The van der Waals surface area contributed by atoms with Crippen molar-refractivity contribution in [3.8, 4) is 0 Å². The number of hydrogen-bond donors (Lipinski definition) is 1. The molecule has 3 aliphatic rings. The van der Waals surface area contributed by atoms with Gasteiger partial charge in [0.2, 0.25) is 11.8 Å².